The monoisotopic (exact) mass is 398 g/mol. The van der Waals surface area contributed by atoms with Crippen LogP contribution in [0.3, 0.4) is 0 Å². The largest absolute Gasteiger partial charge is 0.375 e. The fourth-order valence-electron chi connectivity index (χ4n) is 4.06. The first kappa shape index (κ1) is 19.8. The second kappa shape index (κ2) is 8.90. The molecule has 0 aliphatic heterocycles. The van der Waals surface area contributed by atoms with Crippen molar-refractivity contribution in [3.63, 3.8) is 0 Å². The lowest BCUT2D eigenvalue weighted by atomic mass is 9.91. The Bertz CT molecular complexity index is 839. The third kappa shape index (κ3) is 5.12. The Labute approximate surface area is 171 Å². The maximum absolute atomic E-state index is 11.7. The first-order valence-electron chi connectivity index (χ1n) is 10.5. The van der Waals surface area contributed by atoms with E-state index in [4.69, 9.17) is 9.72 Å². The molecule has 0 saturated heterocycles. The summed E-state index contributed by atoms with van der Waals surface area (Å²) in [6.45, 7) is 0.121. The Morgan fingerprint density at radius 3 is 2.69 bits per heavy atom. The highest BCUT2D eigenvalue weighted by atomic mass is 16.5. The van der Waals surface area contributed by atoms with Crippen LogP contribution in [0, 0.1) is 5.92 Å². The Morgan fingerprint density at radius 1 is 1.21 bits per heavy atom. The Balaban J connectivity index is 1.36. The zero-order valence-electron chi connectivity index (χ0n) is 17.2. The average Bonchev–Trinajstić information content (AvgIpc) is 3.46. The highest BCUT2D eigenvalue weighted by molar-refractivity contribution is 5.77. The van der Waals surface area contributed by atoms with Crippen molar-refractivity contribution in [2.24, 2.45) is 13.0 Å². The number of methoxy groups -OCH3 is 1. The second-order valence-electron chi connectivity index (χ2n) is 8.23. The van der Waals surface area contributed by atoms with E-state index < -0.39 is 0 Å². The number of aryl methyl sites for hydroxylation is 1. The van der Waals surface area contributed by atoms with Gasteiger partial charge in [0.2, 0.25) is 11.9 Å². The molecule has 2 aliphatic rings. The summed E-state index contributed by atoms with van der Waals surface area (Å²) in [5, 5.41) is 11.0. The van der Waals surface area contributed by atoms with E-state index in [1.165, 1.54) is 25.6 Å². The number of amides is 1. The predicted octanol–water partition coefficient (Wildman–Crippen LogP) is 2.32. The van der Waals surface area contributed by atoms with Gasteiger partial charge >= 0.3 is 0 Å². The molecule has 0 unspecified atom stereocenters. The molecule has 2 aromatic rings. The van der Waals surface area contributed by atoms with Crippen LogP contribution in [-0.4, -0.2) is 51.5 Å². The van der Waals surface area contributed by atoms with E-state index in [9.17, 15) is 4.79 Å². The van der Waals surface area contributed by atoms with Gasteiger partial charge in [-0.1, -0.05) is 0 Å². The standard InChI is InChI=1S/C21H30N6O2/c1-27-19(11-14-3-4-14)17(12-23-27)18-9-10-22-21(26-18)25-16-7-5-15(6-8-16)24-20(28)13-29-2/h9-10,12,14-16H,3-8,11,13H2,1-2H3,(H,24,28)(H,22,25,26)/t15-,16-. The second-order valence-corrected chi connectivity index (χ2v) is 8.23. The molecule has 4 rings (SSSR count). The molecule has 0 spiro atoms. The lowest BCUT2D eigenvalue weighted by Crippen LogP contribution is -2.41. The quantitative estimate of drug-likeness (QED) is 0.709. The minimum absolute atomic E-state index is 0.0431. The molecule has 156 valence electrons. The van der Waals surface area contributed by atoms with Gasteiger partial charge in [-0.2, -0.15) is 5.10 Å². The molecule has 29 heavy (non-hydrogen) atoms. The molecule has 2 heterocycles. The number of carbonyl (C=O) groups excluding carboxylic acids is 1. The van der Waals surface area contributed by atoms with Gasteiger partial charge in [0, 0.05) is 43.7 Å². The van der Waals surface area contributed by atoms with Crippen molar-refractivity contribution in [1.82, 2.24) is 25.1 Å². The van der Waals surface area contributed by atoms with Crippen LogP contribution < -0.4 is 10.6 Å². The van der Waals surface area contributed by atoms with Gasteiger partial charge in [0.05, 0.1) is 11.9 Å². The fraction of sp³-hybridized carbons (Fsp3) is 0.619. The smallest absolute Gasteiger partial charge is 0.246 e. The molecule has 0 aromatic carbocycles. The summed E-state index contributed by atoms with van der Waals surface area (Å²) >= 11 is 0. The highest BCUT2D eigenvalue weighted by Gasteiger charge is 2.26. The summed E-state index contributed by atoms with van der Waals surface area (Å²) in [7, 11) is 3.54. The number of carbonyl (C=O) groups is 1. The van der Waals surface area contributed by atoms with Crippen molar-refractivity contribution in [3.05, 3.63) is 24.2 Å². The van der Waals surface area contributed by atoms with Crippen molar-refractivity contribution in [1.29, 1.82) is 0 Å². The van der Waals surface area contributed by atoms with E-state index in [0.717, 1.165) is 49.3 Å². The van der Waals surface area contributed by atoms with Crippen molar-refractivity contribution >= 4 is 11.9 Å². The number of hydrogen-bond acceptors (Lipinski definition) is 6. The number of rotatable bonds is 8. The normalized spacial score (nSPS) is 21.7. The number of nitrogens with zero attached hydrogens (tertiary/aromatic N) is 4. The molecule has 2 saturated carbocycles. The van der Waals surface area contributed by atoms with Crippen LogP contribution in [0.15, 0.2) is 18.5 Å². The molecule has 2 aromatic heterocycles. The zero-order chi connectivity index (χ0) is 20.2. The Morgan fingerprint density at radius 2 is 1.97 bits per heavy atom. The molecule has 0 atom stereocenters. The summed E-state index contributed by atoms with van der Waals surface area (Å²) in [6, 6.07) is 2.50. The highest BCUT2D eigenvalue weighted by Crippen LogP contribution is 2.35. The number of nitrogens with one attached hydrogen (secondary N) is 2. The summed E-state index contributed by atoms with van der Waals surface area (Å²) in [5.74, 6) is 1.41. The van der Waals surface area contributed by atoms with Gasteiger partial charge in [0.25, 0.3) is 0 Å². The Hall–Kier alpha value is -2.48. The van der Waals surface area contributed by atoms with Gasteiger partial charge in [-0.05, 0) is 56.9 Å². The molecule has 2 aliphatic carbocycles. The molecule has 8 nitrogen and oxygen atoms in total. The Kier molecular flexibility index (Phi) is 6.08. The molecular weight excluding hydrogens is 368 g/mol. The number of aromatic nitrogens is 4. The first-order valence-corrected chi connectivity index (χ1v) is 10.5. The van der Waals surface area contributed by atoms with Gasteiger partial charge in [0.15, 0.2) is 0 Å². The number of hydrogen-bond donors (Lipinski definition) is 2. The molecule has 1 amide bonds. The SMILES string of the molecule is COCC(=O)N[C@H]1CC[C@H](Nc2nccc(-c3cnn(C)c3CC3CC3)n2)CC1. The van der Waals surface area contributed by atoms with Gasteiger partial charge in [-0.15, -0.1) is 0 Å². The van der Waals surface area contributed by atoms with Gasteiger partial charge in [-0.25, -0.2) is 9.97 Å². The molecule has 2 N–H and O–H groups in total. The van der Waals surface area contributed by atoms with Crippen LogP contribution in [0.1, 0.15) is 44.2 Å². The average molecular weight is 399 g/mol. The van der Waals surface area contributed by atoms with Crippen LogP contribution >= 0.6 is 0 Å². The lowest BCUT2D eigenvalue weighted by molar-refractivity contribution is -0.125. The van der Waals surface area contributed by atoms with E-state index in [1.54, 1.807) is 0 Å². The minimum atomic E-state index is -0.0431. The molecule has 0 bridgehead atoms. The van der Waals surface area contributed by atoms with Crippen LogP contribution in [-0.2, 0) is 23.0 Å². The van der Waals surface area contributed by atoms with E-state index in [-0.39, 0.29) is 18.6 Å². The van der Waals surface area contributed by atoms with E-state index in [0.29, 0.717) is 12.0 Å². The van der Waals surface area contributed by atoms with Crippen molar-refractivity contribution in [2.45, 2.75) is 57.0 Å². The lowest BCUT2D eigenvalue weighted by Gasteiger charge is -2.29. The minimum Gasteiger partial charge on any atom is -0.375 e. The van der Waals surface area contributed by atoms with Crippen molar-refractivity contribution in [2.75, 3.05) is 19.0 Å². The summed E-state index contributed by atoms with van der Waals surface area (Å²) in [5.41, 5.74) is 3.28. The molecular formula is C21H30N6O2. The molecule has 2 fully saturated rings. The zero-order valence-corrected chi connectivity index (χ0v) is 17.2. The predicted molar refractivity (Wildman–Crippen MR) is 110 cm³/mol. The molecule has 0 radical (unpaired) electrons. The van der Waals surface area contributed by atoms with Gasteiger partial charge in [-0.3, -0.25) is 9.48 Å². The third-order valence-corrected chi connectivity index (χ3v) is 5.87. The maximum atomic E-state index is 11.7. The molecule has 8 heteroatoms. The number of anilines is 1. The topological polar surface area (TPSA) is 94.0 Å². The summed E-state index contributed by atoms with van der Waals surface area (Å²) in [4.78, 5) is 20.9. The van der Waals surface area contributed by atoms with Gasteiger partial charge < -0.3 is 15.4 Å². The number of ether oxygens (including phenoxy) is 1. The summed E-state index contributed by atoms with van der Waals surface area (Å²) in [6.07, 6.45) is 11.3. The third-order valence-electron chi connectivity index (χ3n) is 5.87. The van der Waals surface area contributed by atoms with Crippen molar-refractivity contribution < 1.29 is 9.53 Å². The van der Waals surface area contributed by atoms with Gasteiger partial charge in [0.1, 0.15) is 6.61 Å². The fourth-order valence-corrected chi connectivity index (χ4v) is 4.06. The van der Waals surface area contributed by atoms with Crippen LogP contribution in [0.25, 0.3) is 11.3 Å². The van der Waals surface area contributed by atoms with Crippen LogP contribution in [0.2, 0.25) is 0 Å². The van der Waals surface area contributed by atoms with E-state index >= 15 is 0 Å². The van der Waals surface area contributed by atoms with Crippen molar-refractivity contribution in [3.8, 4) is 11.3 Å². The van der Waals surface area contributed by atoms with Crippen LogP contribution in [0.5, 0.6) is 0 Å². The van der Waals surface area contributed by atoms with Crippen LogP contribution in [0.4, 0.5) is 5.95 Å². The maximum Gasteiger partial charge on any atom is 0.246 e. The first-order chi connectivity index (χ1) is 14.1. The van der Waals surface area contributed by atoms with E-state index in [1.807, 2.05) is 30.2 Å². The van der Waals surface area contributed by atoms with E-state index in [2.05, 4.69) is 20.7 Å². The summed E-state index contributed by atoms with van der Waals surface area (Å²) < 4.78 is 6.85.